The summed E-state index contributed by atoms with van der Waals surface area (Å²) in [5, 5.41) is 5.51. The van der Waals surface area contributed by atoms with Gasteiger partial charge < -0.3 is 10.1 Å². The van der Waals surface area contributed by atoms with E-state index >= 15 is 0 Å². The second-order valence-corrected chi connectivity index (χ2v) is 7.37. The monoisotopic (exact) mass is 378 g/mol. The summed E-state index contributed by atoms with van der Waals surface area (Å²) in [7, 11) is 0. The molecule has 1 aliphatic rings. The van der Waals surface area contributed by atoms with Crippen LogP contribution in [0, 0.1) is 5.82 Å². The fourth-order valence-electron chi connectivity index (χ4n) is 2.89. The smallest absolute Gasteiger partial charge is 0.349 e. The molecule has 2 N–H and O–H groups in total. The topological polar surface area (TPSA) is 84.5 Å². The number of thiophene rings is 1. The number of rotatable bonds is 4. The summed E-state index contributed by atoms with van der Waals surface area (Å²) in [6.07, 6.45) is 2.80. The van der Waals surface area contributed by atoms with Gasteiger partial charge in [-0.15, -0.1) is 11.3 Å². The SMILES string of the molecule is C[C@H](OC(=O)c1cc2cc(F)ccc2s1)C(=O)NC(=O)NC1CCCC1. The van der Waals surface area contributed by atoms with Crippen LogP contribution in [-0.2, 0) is 9.53 Å². The van der Waals surface area contributed by atoms with Gasteiger partial charge in [0, 0.05) is 10.7 Å². The number of halogens is 1. The minimum absolute atomic E-state index is 0.0830. The number of fused-ring (bicyclic) bond motifs is 1. The van der Waals surface area contributed by atoms with E-state index in [0.717, 1.165) is 41.7 Å². The number of esters is 1. The lowest BCUT2D eigenvalue weighted by Crippen LogP contribution is -2.47. The van der Waals surface area contributed by atoms with Gasteiger partial charge in [0.05, 0.1) is 0 Å². The minimum Gasteiger partial charge on any atom is -0.448 e. The van der Waals surface area contributed by atoms with Crippen molar-refractivity contribution in [2.24, 2.45) is 0 Å². The van der Waals surface area contributed by atoms with Crippen molar-refractivity contribution in [3.05, 3.63) is 35.0 Å². The predicted molar refractivity (Wildman–Crippen MR) is 95.6 cm³/mol. The molecule has 1 fully saturated rings. The highest BCUT2D eigenvalue weighted by Crippen LogP contribution is 2.27. The molecule has 1 aromatic carbocycles. The predicted octanol–water partition coefficient (Wildman–Crippen LogP) is 3.35. The maximum absolute atomic E-state index is 13.2. The molecule has 0 bridgehead atoms. The fraction of sp³-hybridized carbons (Fsp3) is 0.389. The molecule has 138 valence electrons. The average molecular weight is 378 g/mol. The Labute approximate surface area is 153 Å². The van der Waals surface area contributed by atoms with Crippen LogP contribution in [-0.4, -0.2) is 30.1 Å². The number of amides is 3. The normalized spacial score (nSPS) is 15.6. The lowest BCUT2D eigenvalue weighted by molar-refractivity contribution is -0.127. The Morgan fingerprint density at radius 2 is 1.96 bits per heavy atom. The zero-order valence-corrected chi connectivity index (χ0v) is 15.0. The van der Waals surface area contributed by atoms with Crippen molar-refractivity contribution in [2.45, 2.75) is 44.8 Å². The molecular weight excluding hydrogens is 359 g/mol. The Balaban J connectivity index is 1.55. The maximum atomic E-state index is 13.2. The van der Waals surface area contributed by atoms with Crippen LogP contribution >= 0.6 is 11.3 Å². The van der Waals surface area contributed by atoms with Crippen molar-refractivity contribution >= 4 is 39.3 Å². The van der Waals surface area contributed by atoms with E-state index in [0.29, 0.717) is 5.39 Å². The van der Waals surface area contributed by atoms with Gasteiger partial charge in [0.1, 0.15) is 10.7 Å². The van der Waals surface area contributed by atoms with Crippen LogP contribution < -0.4 is 10.6 Å². The second kappa shape index (κ2) is 7.82. The van der Waals surface area contributed by atoms with E-state index in [1.54, 1.807) is 6.07 Å². The van der Waals surface area contributed by atoms with Crippen LogP contribution in [0.4, 0.5) is 9.18 Å². The van der Waals surface area contributed by atoms with E-state index < -0.39 is 29.8 Å². The van der Waals surface area contributed by atoms with Crippen molar-refractivity contribution in [3.8, 4) is 0 Å². The van der Waals surface area contributed by atoms with E-state index in [2.05, 4.69) is 10.6 Å². The molecular formula is C18H19FN2O4S. The van der Waals surface area contributed by atoms with Crippen LogP contribution in [0.25, 0.3) is 10.1 Å². The number of imide groups is 1. The highest BCUT2D eigenvalue weighted by atomic mass is 32.1. The molecule has 3 rings (SSSR count). The number of carbonyl (C=O) groups is 3. The van der Waals surface area contributed by atoms with Crippen LogP contribution in [0.5, 0.6) is 0 Å². The molecule has 6 nitrogen and oxygen atoms in total. The Bertz CT molecular complexity index is 845. The highest BCUT2D eigenvalue weighted by molar-refractivity contribution is 7.20. The standard InChI is InChI=1S/C18H19FN2O4S/c1-10(16(22)21-18(24)20-13-4-2-3-5-13)25-17(23)15-9-11-8-12(19)6-7-14(11)26-15/h6-10,13H,2-5H2,1H3,(H2,20,21,22,24)/t10-/m0/s1. The number of carbonyl (C=O) groups excluding carboxylic acids is 3. The van der Waals surface area contributed by atoms with Crippen molar-refractivity contribution in [2.75, 3.05) is 0 Å². The Kier molecular flexibility index (Phi) is 5.51. The molecule has 2 aromatic rings. The summed E-state index contributed by atoms with van der Waals surface area (Å²) in [5.74, 6) is -1.78. The minimum atomic E-state index is -1.13. The molecule has 0 radical (unpaired) electrons. The van der Waals surface area contributed by atoms with Crippen molar-refractivity contribution in [1.82, 2.24) is 10.6 Å². The molecule has 0 spiro atoms. The van der Waals surface area contributed by atoms with Crippen LogP contribution in [0.2, 0.25) is 0 Å². The van der Waals surface area contributed by atoms with Gasteiger partial charge in [0.15, 0.2) is 6.10 Å². The van der Waals surface area contributed by atoms with Gasteiger partial charge in [0.2, 0.25) is 0 Å². The molecule has 1 aromatic heterocycles. The summed E-state index contributed by atoms with van der Waals surface area (Å²) in [4.78, 5) is 36.3. The van der Waals surface area contributed by atoms with Gasteiger partial charge >= 0.3 is 12.0 Å². The maximum Gasteiger partial charge on any atom is 0.349 e. The van der Waals surface area contributed by atoms with E-state index in [-0.39, 0.29) is 10.9 Å². The zero-order chi connectivity index (χ0) is 18.7. The van der Waals surface area contributed by atoms with Crippen LogP contribution in [0.15, 0.2) is 24.3 Å². The lowest BCUT2D eigenvalue weighted by Gasteiger charge is -2.15. The van der Waals surface area contributed by atoms with Crippen molar-refractivity contribution in [1.29, 1.82) is 0 Å². The molecule has 3 amide bonds. The number of nitrogens with one attached hydrogen (secondary N) is 2. The Morgan fingerprint density at radius 1 is 1.23 bits per heavy atom. The fourth-order valence-corrected chi connectivity index (χ4v) is 3.82. The number of hydrogen-bond donors (Lipinski definition) is 2. The highest BCUT2D eigenvalue weighted by Gasteiger charge is 2.24. The number of ether oxygens (including phenoxy) is 1. The summed E-state index contributed by atoms with van der Waals surface area (Å²) in [6, 6.07) is 5.24. The third kappa shape index (κ3) is 4.37. The van der Waals surface area contributed by atoms with Crippen molar-refractivity contribution < 1.29 is 23.5 Å². The largest absolute Gasteiger partial charge is 0.448 e. The van der Waals surface area contributed by atoms with Gasteiger partial charge in [-0.25, -0.2) is 14.0 Å². The van der Waals surface area contributed by atoms with E-state index in [1.807, 2.05) is 0 Å². The summed E-state index contributed by atoms with van der Waals surface area (Å²) >= 11 is 1.15. The molecule has 0 unspecified atom stereocenters. The first kappa shape index (κ1) is 18.3. The molecule has 8 heteroatoms. The quantitative estimate of drug-likeness (QED) is 0.799. The lowest BCUT2D eigenvalue weighted by atomic mass is 10.2. The first-order valence-corrected chi connectivity index (χ1v) is 9.25. The summed E-state index contributed by atoms with van der Waals surface area (Å²) in [6.45, 7) is 1.39. The summed E-state index contributed by atoms with van der Waals surface area (Å²) in [5.41, 5.74) is 0. The van der Waals surface area contributed by atoms with Crippen molar-refractivity contribution in [3.63, 3.8) is 0 Å². The van der Waals surface area contributed by atoms with Gasteiger partial charge in [-0.2, -0.15) is 0 Å². The molecule has 1 atom stereocenters. The van der Waals surface area contributed by atoms with Crippen LogP contribution in [0.3, 0.4) is 0 Å². The molecule has 26 heavy (non-hydrogen) atoms. The van der Waals surface area contributed by atoms with E-state index in [9.17, 15) is 18.8 Å². The number of hydrogen-bond acceptors (Lipinski definition) is 5. The number of urea groups is 1. The van der Waals surface area contributed by atoms with Gasteiger partial charge in [-0.1, -0.05) is 12.8 Å². The third-order valence-electron chi connectivity index (χ3n) is 4.26. The third-order valence-corrected chi connectivity index (χ3v) is 5.36. The molecule has 1 saturated carbocycles. The Morgan fingerprint density at radius 3 is 2.69 bits per heavy atom. The molecule has 0 saturated heterocycles. The first-order chi connectivity index (χ1) is 12.4. The average Bonchev–Trinajstić information content (AvgIpc) is 3.23. The molecule has 0 aliphatic heterocycles. The molecule has 1 aliphatic carbocycles. The first-order valence-electron chi connectivity index (χ1n) is 8.44. The van der Waals surface area contributed by atoms with Gasteiger partial charge in [-0.3, -0.25) is 10.1 Å². The number of benzene rings is 1. The van der Waals surface area contributed by atoms with E-state index in [1.165, 1.54) is 25.1 Å². The van der Waals surface area contributed by atoms with Gasteiger partial charge in [0.25, 0.3) is 5.91 Å². The van der Waals surface area contributed by atoms with Gasteiger partial charge in [-0.05, 0) is 49.4 Å². The van der Waals surface area contributed by atoms with E-state index in [4.69, 9.17) is 4.74 Å². The zero-order valence-electron chi connectivity index (χ0n) is 14.2. The summed E-state index contributed by atoms with van der Waals surface area (Å²) < 4.78 is 19.1. The Hall–Kier alpha value is -2.48. The van der Waals surface area contributed by atoms with Crippen LogP contribution in [0.1, 0.15) is 42.3 Å². The molecule has 1 heterocycles. The second-order valence-electron chi connectivity index (χ2n) is 6.28.